The van der Waals surface area contributed by atoms with Crippen LogP contribution in [0.15, 0.2) is 0 Å². The Labute approximate surface area is 76.8 Å². The molecule has 0 aliphatic rings. The van der Waals surface area contributed by atoms with Crippen LogP contribution in [0.25, 0.3) is 0 Å². The fourth-order valence-electron chi connectivity index (χ4n) is 0.669. The maximum absolute atomic E-state index is 10.5. The molecule has 0 aliphatic heterocycles. The lowest BCUT2D eigenvalue weighted by molar-refractivity contribution is -0.112. The van der Waals surface area contributed by atoms with Gasteiger partial charge in [-0.15, -0.1) is 12.6 Å². The van der Waals surface area contributed by atoms with Crippen molar-refractivity contribution in [3.8, 4) is 0 Å². The maximum Gasteiger partial charge on any atom is 0.202 e. The number of hydrogen-bond donors (Lipinski definition) is 5. The number of guanidine groups is 1. The van der Waals surface area contributed by atoms with Crippen molar-refractivity contribution in [3.05, 3.63) is 0 Å². The highest BCUT2D eigenvalue weighted by Crippen LogP contribution is 1.96. The van der Waals surface area contributed by atoms with Gasteiger partial charge in [-0.25, -0.2) is 0 Å². The van der Waals surface area contributed by atoms with Crippen LogP contribution in [-0.2, 0) is 4.79 Å². The zero-order valence-corrected chi connectivity index (χ0v) is 7.60. The Bertz CT molecular complexity index is 173. The molecular weight excluding hydrogens is 176 g/mol. The SMILES string of the molecule is N=C(N)NCCC[C@@H](N)C(=O)S. The highest BCUT2D eigenvalue weighted by molar-refractivity contribution is 7.96. The van der Waals surface area contributed by atoms with Crippen molar-refractivity contribution in [3.63, 3.8) is 0 Å². The fourth-order valence-corrected chi connectivity index (χ4v) is 0.798. The Kier molecular flexibility index (Phi) is 5.48. The summed E-state index contributed by atoms with van der Waals surface area (Å²) in [6.07, 6.45) is 1.26. The van der Waals surface area contributed by atoms with E-state index < -0.39 is 6.04 Å². The average Bonchev–Trinajstić information content (AvgIpc) is 1.97. The Morgan fingerprint density at radius 2 is 2.25 bits per heavy atom. The molecule has 0 fully saturated rings. The summed E-state index contributed by atoms with van der Waals surface area (Å²) < 4.78 is 0. The summed E-state index contributed by atoms with van der Waals surface area (Å²) in [5.74, 6) is -0.0687. The molecule has 0 aromatic carbocycles. The molecule has 0 saturated carbocycles. The summed E-state index contributed by atoms with van der Waals surface area (Å²) in [6, 6.07) is -0.512. The number of thiol groups is 1. The van der Waals surface area contributed by atoms with E-state index in [9.17, 15) is 4.79 Å². The van der Waals surface area contributed by atoms with Gasteiger partial charge in [-0.1, -0.05) is 0 Å². The third-order valence-corrected chi connectivity index (χ3v) is 1.66. The van der Waals surface area contributed by atoms with Gasteiger partial charge in [0.2, 0.25) is 5.12 Å². The summed E-state index contributed by atoms with van der Waals surface area (Å²) in [5.41, 5.74) is 10.4. The molecule has 1 atom stereocenters. The molecule has 0 bridgehead atoms. The number of nitrogens with two attached hydrogens (primary N) is 2. The van der Waals surface area contributed by atoms with Gasteiger partial charge in [0.15, 0.2) is 5.96 Å². The highest BCUT2D eigenvalue weighted by atomic mass is 32.1. The summed E-state index contributed by atoms with van der Waals surface area (Å²) in [7, 11) is 0. The lowest BCUT2D eigenvalue weighted by Crippen LogP contribution is -2.33. The minimum absolute atomic E-state index is 0.0687. The second-order valence-electron chi connectivity index (χ2n) is 2.43. The molecule has 70 valence electrons. The van der Waals surface area contributed by atoms with E-state index >= 15 is 0 Å². The van der Waals surface area contributed by atoms with Gasteiger partial charge in [0, 0.05) is 6.54 Å². The van der Waals surface area contributed by atoms with Crippen molar-refractivity contribution in [2.24, 2.45) is 11.5 Å². The molecule has 6 N–H and O–H groups in total. The first-order chi connectivity index (χ1) is 5.54. The van der Waals surface area contributed by atoms with Gasteiger partial charge in [0.25, 0.3) is 0 Å². The van der Waals surface area contributed by atoms with Gasteiger partial charge >= 0.3 is 0 Å². The molecule has 0 amide bonds. The molecular formula is C6H14N4OS. The van der Waals surface area contributed by atoms with E-state index in [-0.39, 0.29) is 11.1 Å². The maximum atomic E-state index is 10.5. The normalized spacial score (nSPS) is 12.2. The lowest BCUT2D eigenvalue weighted by atomic mass is 10.2. The van der Waals surface area contributed by atoms with Crippen LogP contribution in [0.4, 0.5) is 0 Å². The van der Waals surface area contributed by atoms with E-state index in [0.717, 1.165) is 0 Å². The second-order valence-corrected chi connectivity index (χ2v) is 2.87. The van der Waals surface area contributed by atoms with E-state index in [4.69, 9.17) is 16.9 Å². The first-order valence-electron chi connectivity index (χ1n) is 3.60. The predicted molar refractivity (Wildman–Crippen MR) is 51.1 cm³/mol. The van der Waals surface area contributed by atoms with Crippen LogP contribution < -0.4 is 16.8 Å². The number of rotatable bonds is 5. The Morgan fingerprint density at radius 3 is 2.67 bits per heavy atom. The van der Waals surface area contributed by atoms with Crippen molar-refractivity contribution in [1.82, 2.24) is 5.32 Å². The van der Waals surface area contributed by atoms with Crippen molar-refractivity contribution < 1.29 is 4.79 Å². The quantitative estimate of drug-likeness (QED) is 0.166. The summed E-state index contributed by atoms with van der Waals surface area (Å²) in [4.78, 5) is 10.5. The van der Waals surface area contributed by atoms with Crippen molar-refractivity contribution in [2.75, 3.05) is 6.54 Å². The third-order valence-electron chi connectivity index (χ3n) is 1.32. The Morgan fingerprint density at radius 1 is 1.67 bits per heavy atom. The van der Waals surface area contributed by atoms with E-state index in [2.05, 4.69) is 17.9 Å². The summed E-state index contributed by atoms with van der Waals surface area (Å²) in [5, 5.41) is 9.12. The monoisotopic (exact) mass is 190 g/mol. The molecule has 0 unspecified atom stereocenters. The summed E-state index contributed by atoms with van der Waals surface area (Å²) in [6.45, 7) is 0.560. The molecule has 0 spiro atoms. The molecule has 5 nitrogen and oxygen atoms in total. The lowest BCUT2D eigenvalue weighted by Gasteiger charge is -2.06. The van der Waals surface area contributed by atoms with Crippen LogP contribution in [0.5, 0.6) is 0 Å². The van der Waals surface area contributed by atoms with Crippen LogP contribution in [0.1, 0.15) is 12.8 Å². The summed E-state index contributed by atoms with van der Waals surface area (Å²) >= 11 is 3.58. The minimum atomic E-state index is -0.512. The number of nitrogens with one attached hydrogen (secondary N) is 2. The van der Waals surface area contributed by atoms with Crippen LogP contribution in [0.2, 0.25) is 0 Å². The zero-order valence-electron chi connectivity index (χ0n) is 6.71. The second kappa shape index (κ2) is 5.84. The van der Waals surface area contributed by atoms with E-state index in [1.807, 2.05) is 0 Å². The molecule has 0 rings (SSSR count). The molecule has 0 radical (unpaired) electrons. The molecule has 12 heavy (non-hydrogen) atoms. The van der Waals surface area contributed by atoms with E-state index in [0.29, 0.717) is 19.4 Å². The van der Waals surface area contributed by atoms with Gasteiger partial charge in [0.1, 0.15) is 0 Å². The number of carbonyl (C=O) groups is 1. The average molecular weight is 190 g/mol. The van der Waals surface area contributed by atoms with Crippen LogP contribution in [0, 0.1) is 5.41 Å². The first kappa shape index (κ1) is 11.2. The van der Waals surface area contributed by atoms with Crippen LogP contribution in [0.3, 0.4) is 0 Å². The van der Waals surface area contributed by atoms with Gasteiger partial charge in [-0.3, -0.25) is 10.2 Å². The fraction of sp³-hybridized carbons (Fsp3) is 0.667. The van der Waals surface area contributed by atoms with Crippen molar-refractivity contribution in [1.29, 1.82) is 5.41 Å². The first-order valence-corrected chi connectivity index (χ1v) is 4.05. The van der Waals surface area contributed by atoms with E-state index in [1.54, 1.807) is 0 Å². The standard InChI is InChI=1S/C6H14N4OS/c7-4(5(11)12)2-1-3-10-6(8)9/h4H,1-3,7H2,(H,11,12)(H4,8,9,10)/t4-/m1/s1. The highest BCUT2D eigenvalue weighted by Gasteiger charge is 2.07. The van der Waals surface area contributed by atoms with Gasteiger partial charge in [-0.2, -0.15) is 0 Å². The van der Waals surface area contributed by atoms with Crippen LogP contribution in [-0.4, -0.2) is 23.7 Å². The molecule has 0 aliphatic carbocycles. The minimum Gasteiger partial charge on any atom is -0.370 e. The predicted octanol–water partition coefficient (Wildman–Crippen LogP) is -0.967. The van der Waals surface area contributed by atoms with Crippen molar-refractivity contribution >= 4 is 23.7 Å². The molecule has 0 aromatic heterocycles. The molecule has 6 heteroatoms. The largest absolute Gasteiger partial charge is 0.370 e. The molecule has 0 heterocycles. The Balaban J connectivity index is 3.31. The Hall–Kier alpha value is -0.750. The van der Waals surface area contributed by atoms with Gasteiger partial charge in [-0.05, 0) is 12.8 Å². The van der Waals surface area contributed by atoms with E-state index in [1.165, 1.54) is 0 Å². The van der Waals surface area contributed by atoms with Gasteiger partial charge < -0.3 is 16.8 Å². The van der Waals surface area contributed by atoms with Gasteiger partial charge in [0.05, 0.1) is 6.04 Å². The third kappa shape index (κ3) is 5.99. The van der Waals surface area contributed by atoms with Crippen LogP contribution >= 0.6 is 12.6 Å². The number of carbonyl (C=O) groups excluding carboxylic acids is 1. The van der Waals surface area contributed by atoms with Crippen molar-refractivity contribution in [2.45, 2.75) is 18.9 Å². The molecule has 0 aromatic rings. The smallest absolute Gasteiger partial charge is 0.202 e. The zero-order chi connectivity index (χ0) is 9.56. The topological polar surface area (TPSA) is 105 Å². The molecule has 0 saturated heterocycles. The number of hydrogen-bond acceptors (Lipinski definition) is 3.